The van der Waals surface area contributed by atoms with E-state index in [4.69, 9.17) is 24.3 Å². The van der Waals surface area contributed by atoms with E-state index in [2.05, 4.69) is 13.8 Å². The second-order valence-electron chi connectivity index (χ2n) is 23.1. The highest BCUT2D eigenvalue weighted by Gasteiger charge is 2.26. The number of phosphoric acid groups is 1. The maximum absolute atomic E-state index is 12.7. The molecule has 0 radical (unpaired) electrons. The standard InChI is InChI=1S/C65H130NO8P/c1-3-5-7-9-11-13-15-17-19-21-22-23-24-25-26-27-28-29-30-31-32-33-34-35-36-37-38-39-40-41-42-44-46-48-50-52-54-56-58-65(68)74-63(62-73-75(69,70)72-60-59-66)61-71-64(67)57-55-53-51-49-47-45-43-20-18-16-14-12-10-8-6-4-2/h63H,3-62,66H2,1-2H3,(H,69,70). The SMILES string of the molecule is CCCCCCCCCCCCCCCCCCCCCCCCCCCCCCCCCCCCCCCCC(=O)OC(COC(=O)CCCCCCCCCCCCCCCCCC)COP(=O)(O)OCCN. The first-order valence-electron chi connectivity index (χ1n) is 33.5. The molecule has 0 aromatic carbocycles. The van der Waals surface area contributed by atoms with Crippen molar-refractivity contribution in [1.29, 1.82) is 0 Å². The van der Waals surface area contributed by atoms with E-state index in [-0.39, 0.29) is 38.6 Å². The van der Waals surface area contributed by atoms with Gasteiger partial charge in [-0.15, -0.1) is 0 Å². The molecule has 0 saturated carbocycles. The summed E-state index contributed by atoms with van der Waals surface area (Å²) in [6.45, 7) is 3.83. The van der Waals surface area contributed by atoms with E-state index in [9.17, 15) is 19.0 Å². The van der Waals surface area contributed by atoms with E-state index < -0.39 is 26.5 Å². The minimum Gasteiger partial charge on any atom is -0.462 e. The molecule has 0 rings (SSSR count). The lowest BCUT2D eigenvalue weighted by Gasteiger charge is -2.19. The fraction of sp³-hybridized carbons (Fsp3) is 0.969. The quantitative estimate of drug-likeness (QED) is 0.0347. The number of nitrogens with two attached hydrogens (primary N) is 1. The second kappa shape index (κ2) is 62.2. The van der Waals surface area contributed by atoms with Crippen LogP contribution >= 0.6 is 7.82 Å². The number of ether oxygens (including phenoxy) is 2. The highest BCUT2D eigenvalue weighted by molar-refractivity contribution is 7.47. The van der Waals surface area contributed by atoms with Gasteiger partial charge in [0.2, 0.25) is 0 Å². The van der Waals surface area contributed by atoms with Crippen molar-refractivity contribution in [2.45, 2.75) is 380 Å². The summed E-state index contributed by atoms with van der Waals surface area (Å²) in [5.74, 6) is -0.801. The van der Waals surface area contributed by atoms with Crippen LogP contribution < -0.4 is 5.73 Å². The number of carbonyl (C=O) groups excluding carboxylic acids is 2. The van der Waals surface area contributed by atoms with Crippen molar-refractivity contribution in [3.63, 3.8) is 0 Å². The van der Waals surface area contributed by atoms with Crippen LogP contribution in [0.5, 0.6) is 0 Å². The Labute approximate surface area is 467 Å². The lowest BCUT2D eigenvalue weighted by atomic mass is 10.0. The molecule has 75 heavy (non-hydrogen) atoms. The Hall–Kier alpha value is -0.990. The minimum atomic E-state index is -4.38. The van der Waals surface area contributed by atoms with Crippen LogP contribution in [0.1, 0.15) is 373 Å². The maximum Gasteiger partial charge on any atom is 0.472 e. The summed E-state index contributed by atoms with van der Waals surface area (Å²) in [6, 6.07) is 0. The topological polar surface area (TPSA) is 134 Å². The summed E-state index contributed by atoms with van der Waals surface area (Å²) < 4.78 is 33.1. The van der Waals surface area contributed by atoms with Gasteiger partial charge in [0, 0.05) is 19.4 Å². The van der Waals surface area contributed by atoms with Crippen LogP contribution in [0.25, 0.3) is 0 Å². The second-order valence-corrected chi connectivity index (χ2v) is 24.5. The normalized spacial score (nSPS) is 12.9. The molecule has 9 nitrogen and oxygen atoms in total. The zero-order valence-electron chi connectivity index (χ0n) is 50.3. The van der Waals surface area contributed by atoms with Gasteiger partial charge >= 0.3 is 19.8 Å². The fourth-order valence-corrected chi connectivity index (χ4v) is 11.3. The lowest BCUT2D eigenvalue weighted by molar-refractivity contribution is -0.161. The molecular weight excluding hydrogens is 954 g/mol. The summed E-state index contributed by atoms with van der Waals surface area (Å²) in [5.41, 5.74) is 5.39. The van der Waals surface area contributed by atoms with Gasteiger partial charge in [-0.2, -0.15) is 0 Å². The number of esters is 2. The molecule has 0 fully saturated rings. The predicted octanol–water partition coefficient (Wildman–Crippen LogP) is 21.4. The Morgan fingerprint density at radius 3 is 0.813 bits per heavy atom. The van der Waals surface area contributed by atoms with Crippen molar-refractivity contribution in [2.75, 3.05) is 26.4 Å². The van der Waals surface area contributed by atoms with E-state index in [1.165, 1.54) is 308 Å². The van der Waals surface area contributed by atoms with Gasteiger partial charge < -0.3 is 20.1 Å². The Morgan fingerprint density at radius 1 is 0.347 bits per heavy atom. The van der Waals surface area contributed by atoms with Crippen LogP contribution in [0.3, 0.4) is 0 Å². The number of phosphoric ester groups is 1. The summed E-state index contributed by atoms with van der Waals surface area (Å²) in [5, 5.41) is 0. The van der Waals surface area contributed by atoms with Gasteiger partial charge in [0.05, 0.1) is 13.2 Å². The molecular formula is C65H130NO8P. The van der Waals surface area contributed by atoms with Gasteiger partial charge in [0.25, 0.3) is 0 Å². The van der Waals surface area contributed by atoms with Crippen LogP contribution in [-0.2, 0) is 32.7 Å². The third-order valence-electron chi connectivity index (χ3n) is 15.5. The zero-order chi connectivity index (χ0) is 54.5. The van der Waals surface area contributed by atoms with E-state index in [1.54, 1.807) is 0 Å². The highest BCUT2D eigenvalue weighted by atomic mass is 31.2. The summed E-state index contributed by atoms with van der Waals surface area (Å²) in [4.78, 5) is 35.2. The molecule has 0 amide bonds. The average molecular weight is 1080 g/mol. The molecule has 0 aliphatic heterocycles. The van der Waals surface area contributed by atoms with E-state index in [0.717, 1.165) is 32.1 Å². The van der Waals surface area contributed by atoms with Crippen molar-refractivity contribution in [1.82, 2.24) is 0 Å². The van der Waals surface area contributed by atoms with Crippen LogP contribution in [0.15, 0.2) is 0 Å². The molecule has 0 heterocycles. The van der Waals surface area contributed by atoms with E-state index in [0.29, 0.717) is 6.42 Å². The Balaban J connectivity index is 3.71. The molecule has 0 aromatic heterocycles. The Kier molecular flexibility index (Phi) is 61.4. The number of unbranched alkanes of at least 4 members (excludes halogenated alkanes) is 52. The number of rotatable bonds is 65. The van der Waals surface area contributed by atoms with Crippen LogP contribution in [-0.4, -0.2) is 49.3 Å². The number of carbonyl (C=O) groups is 2. The minimum absolute atomic E-state index is 0.0586. The molecule has 0 aromatic rings. The predicted molar refractivity (Wildman–Crippen MR) is 322 cm³/mol. The highest BCUT2D eigenvalue weighted by Crippen LogP contribution is 2.43. The third kappa shape index (κ3) is 62.1. The van der Waals surface area contributed by atoms with Crippen molar-refractivity contribution < 1.29 is 37.6 Å². The van der Waals surface area contributed by atoms with Gasteiger partial charge in [0.15, 0.2) is 6.10 Å². The maximum atomic E-state index is 12.7. The van der Waals surface area contributed by atoms with Gasteiger partial charge in [-0.05, 0) is 12.8 Å². The summed E-state index contributed by atoms with van der Waals surface area (Å²) in [6.07, 6.45) is 72.2. The molecule has 448 valence electrons. The molecule has 0 spiro atoms. The molecule has 10 heteroatoms. The van der Waals surface area contributed by atoms with E-state index in [1.807, 2.05) is 0 Å². The zero-order valence-corrected chi connectivity index (χ0v) is 51.2. The number of hydrogen-bond acceptors (Lipinski definition) is 8. The molecule has 2 unspecified atom stereocenters. The van der Waals surface area contributed by atoms with Gasteiger partial charge in [0.1, 0.15) is 6.61 Å². The monoisotopic (exact) mass is 1080 g/mol. The molecule has 0 aliphatic carbocycles. The van der Waals surface area contributed by atoms with Crippen molar-refractivity contribution >= 4 is 19.8 Å². The van der Waals surface area contributed by atoms with Gasteiger partial charge in [-0.25, -0.2) is 4.57 Å². The molecule has 0 bridgehead atoms. The first kappa shape index (κ1) is 74.0. The van der Waals surface area contributed by atoms with E-state index >= 15 is 0 Å². The van der Waals surface area contributed by atoms with Crippen LogP contribution in [0, 0.1) is 0 Å². The fourth-order valence-electron chi connectivity index (χ4n) is 10.5. The van der Waals surface area contributed by atoms with Crippen molar-refractivity contribution in [2.24, 2.45) is 5.73 Å². The largest absolute Gasteiger partial charge is 0.472 e. The average Bonchev–Trinajstić information content (AvgIpc) is 3.40. The number of hydrogen-bond donors (Lipinski definition) is 2. The Bertz CT molecular complexity index is 1190. The molecule has 0 saturated heterocycles. The molecule has 3 N–H and O–H groups in total. The van der Waals surface area contributed by atoms with Crippen molar-refractivity contribution in [3.05, 3.63) is 0 Å². The summed E-state index contributed by atoms with van der Waals surface area (Å²) in [7, 11) is -4.38. The molecule has 0 aliphatic rings. The van der Waals surface area contributed by atoms with Crippen LogP contribution in [0.2, 0.25) is 0 Å². The van der Waals surface area contributed by atoms with Crippen LogP contribution in [0.4, 0.5) is 0 Å². The van der Waals surface area contributed by atoms with Crippen molar-refractivity contribution in [3.8, 4) is 0 Å². The lowest BCUT2D eigenvalue weighted by Crippen LogP contribution is -2.29. The Morgan fingerprint density at radius 2 is 0.573 bits per heavy atom. The smallest absolute Gasteiger partial charge is 0.462 e. The first-order chi connectivity index (χ1) is 36.8. The molecule has 2 atom stereocenters. The van der Waals surface area contributed by atoms with Gasteiger partial charge in [-0.1, -0.05) is 348 Å². The van der Waals surface area contributed by atoms with Gasteiger partial charge in [-0.3, -0.25) is 18.6 Å². The first-order valence-corrected chi connectivity index (χ1v) is 35.0. The third-order valence-corrected chi connectivity index (χ3v) is 16.5. The summed E-state index contributed by atoms with van der Waals surface area (Å²) >= 11 is 0.